The highest BCUT2D eigenvalue weighted by Crippen LogP contribution is 2.28. The fraction of sp³-hybridized carbons (Fsp3) is 0.571. The number of aromatic nitrogens is 1. The summed E-state index contributed by atoms with van der Waals surface area (Å²) in [7, 11) is 0. The standard InChI is InChI=1S/C14H20N2O2/c1-14(13(17)18)8-3-5-10-16(14)11-7-12-6-2-4-9-15-12/h2,4,6,9H,3,5,7-8,10-11H2,1H3,(H,17,18). The molecule has 0 saturated carbocycles. The average molecular weight is 248 g/mol. The number of nitrogens with zero attached hydrogens (tertiary/aromatic N) is 2. The van der Waals surface area contributed by atoms with Crippen LogP contribution in [-0.4, -0.2) is 39.6 Å². The van der Waals surface area contributed by atoms with Crippen molar-refractivity contribution in [2.75, 3.05) is 13.1 Å². The summed E-state index contributed by atoms with van der Waals surface area (Å²) in [5, 5.41) is 9.41. The van der Waals surface area contributed by atoms with Crippen molar-refractivity contribution in [3.63, 3.8) is 0 Å². The Bertz CT molecular complexity index is 408. The molecule has 0 amide bonds. The van der Waals surface area contributed by atoms with Crippen molar-refractivity contribution >= 4 is 5.97 Å². The summed E-state index contributed by atoms with van der Waals surface area (Å²) in [6, 6.07) is 5.85. The molecule has 1 aromatic heterocycles. The van der Waals surface area contributed by atoms with Crippen molar-refractivity contribution in [1.82, 2.24) is 9.88 Å². The van der Waals surface area contributed by atoms with Crippen LogP contribution in [0.4, 0.5) is 0 Å². The Kier molecular flexibility index (Phi) is 3.97. The minimum atomic E-state index is -0.705. The van der Waals surface area contributed by atoms with E-state index >= 15 is 0 Å². The molecular formula is C14H20N2O2. The molecule has 0 bridgehead atoms. The Morgan fingerprint density at radius 3 is 3.00 bits per heavy atom. The van der Waals surface area contributed by atoms with E-state index in [-0.39, 0.29) is 0 Å². The van der Waals surface area contributed by atoms with Crippen molar-refractivity contribution in [2.45, 2.75) is 38.1 Å². The third kappa shape index (κ3) is 2.70. The van der Waals surface area contributed by atoms with Crippen LogP contribution in [-0.2, 0) is 11.2 Å². The number of rotatable bonds is 4. The Balaban J connectivity index is 2.00. The Morgan fingerprint density at radius 1 is 1.50 bits per heavy atom. The lowest BCUT2D eigenvalue weighted by molar-refractivity contribution is -0.152. The van der Waals surface area contributed by atoms with Gasteiger partial charge in [-0.15, -0.1) is 0 Å². The zero-order valence-electron chi connectivity index (χ0n) is 10.8. The molecule has 1 aliphatic heterocycles. The quantitative estimate of drug-likeness (QED) is 0.885. The zero-order valence-corrected chi connectivity index (χ0v) is 10.8. The first-order valence-electron chi connectivity index (χ1n) is 6.51. The van der Waals surface area contributed by atoms with Crippen molar-refractivity contribution in [1.29, 1.82) is 0 Å². The minimum absolute atomic E-state index is 0.701. The Morgan fingerprint density at radius 2 is 2.33 bits per heavy atom. The van der Waals surface area contributed by atoms with E-state index in [2.05, 4.69) is 9.88 Å². The van der Waals surface area contributed by atoms with Crippen LogP contribution in [0.3, 0.4) is 0 Å². The topological polar surface area (TPSA) is 53.4 Å². The molecule has 1 aromatic rings. The predicted octanol–water partition coefficient (Wildman–Crippen LogP) is 1.95. The molecule has 1 fully saturated rings. The highest BCUT2D eigenvalue weighted by atomic mass is 16.4. The van der Waals surface area contributed by atoms with Crippen LogP contribution in [0.2, 0.25) is 0 Å². The lowest BCUT2D eigenvalue weighted by atomic mass is 9.88. The normalized spacial score (nSPS) is 24.9. The molecule has 4 heteroatoms. The molecule has 0 aliphatic carbocycles. The summed E-state index contributed by atoms with van der Waals surface area (Å²) in [5.41, 5.74) is 0.323. The third-order valence-electron chi connectivity index (χ3n) is 3.86. The molecule has 1 aliphatic rings. The van der Waals surface area contributed by atoms with E-state index in [0.29, 0.717) is 0 Å². The predicted molar refractivity (Wildman–Crippen MR) is 69.4 cm³/mol. The van der Waals surface area contributed by atoms with E-state index in [9.17, 15) is 9.90 Å². The van der Waals surface area contributed by atoms with Crippen LogP contribution in [0.1, 0.15) is 31.9 Å². The molecule has 0 radical (unpaired) electrons. The van der Waals surface area contributed by atoms with Gasteiger partial charge in [0.05, 0.1) is 0 Å². The highest BCUT2D eigenvalue weighted by Gasteiger charge is 2.40. The molecule has 0 aromatic carbocycles. The molecule has 1 saturated heterocycles. The van der Waals surface area contributed by atoms with Crippen LogP contribution in [0, 0.1) is 0 Å². The molecule has 4 nitrogen and oxygen atoms in total. The lowest BCUT2D eigenvalue weighted by Crippen LogP contribution is -2.55. The number of carbonyl (C=O) groups is 1. The molecule has 1 unspecified atom stereocenters. The summed E-state index contributed by atoms with van der Waals surface area (Å²) in [6.45, 7) is 3.47. The SMILES string of the molecule is CC1(C(=O)O)CCCCN1CCc1ccccn1. The van der Waals surface area contributed by atoms with Gasteiger partial charge >= 0.3 is 5.97 Å². The van der Waals surface area contributed by atoms with E-state index in [4.69, 9.17) is 0 Å². The summed E-state index contributed by atoms with van der Waals surface area (Å²) < 4.78 is 0. The van der Waals surface area contributed by atoms with Crippen LogP contribution >= 0.6 is 0 Å². The summed E-state index contributed by atoms with van der Waals surface area (Å²) in [4.78, 5) is 17.8. The maximum atomic E-state index is 11.4. The monoisotopic (exact) mass is 248 g/mol. The minimum Gasteiger partial charge on any atom is -0.480 e. The number of carboxylic acids is 1. The van der Waals surface area contributed by atoms with Crippen molar-refractivity contribution < 1.29 is 9.90 Å². The van der Waals surface area contributed by atoms with Gasteiger partial charge in [0.15, 0.2) is 0 Å². The largest absolute Gasteiger partial charge is 0.480 e. The van der Waals surface area contributed by atoms with E-state index in [0.717, 1.165) is 44.5 Å². The molecule has 98 valence electrons. The van der Waals surface area contributed by atoms with Crippen molar-refractivity contribution in [3.05, 3.63) is 30.1 Å². The van der Waals surface area contributed by atoms with Crippen molar-refractivity contribution in [2.24, 2.45) is 0 Å². The first-order valence-corrected chi connectivity index (χ1v) is 6.51. The second-order valence-electron chi connectivity index (χ2n) is 5.09. The molecule has 1 N–H and O–H groups in total. The van der Waals surface area contributed by atoms with Crippen LogP contribution in [0.15, 0.2) is 24.4 Å². The molecular weight excluding hydrogens is 228 g/mol. The van der Waals surface area contributed by atoms with Gasteiger partial charge < -0.3 is 5.11 Å². The number of likely N-dealkylation sites (tertiary alicyclic amines) is 1. The maximum Gasteiger partial charge on any atom is 0.323 e. The van der Waals surface area contributed by atoms with Gasteiger partial charge in [-0.3, -0.25) is 14.7 Å². The summed E-state index contributed by atoms with van der Waals surface area (Å²) >= 11 is 0. The van der Waals surface area contributed by atoms with Gasteiger partial charge in [-0.1, -0.05) is 6.07 Å². The second kappa shape index (κ2) is 5.48. The first kappa shape index (κ1) is 13.0. The number of piperidine rings is 1. The van der Waals surface area contributed by atoms with Crippen LogP contribution < -0.4 is 0 Å². The van der Waals surface area contributed by atoms with Crippen molar-refractivity contribution in [3.8, 4) is 0 Å². The van der Waals surface area contributed by atoms with E-state index in [1.165, 1.54) is 0 Å². The molecule has 2 heterocycles. The summed E-state index contributed by atoms with van der Waals surface area (Å²) in [6.07, 6.45) is 5.42. The number of carboxylic acid groups (broad SMARTS) is 1. The van der Waals surface area contributed by atoms with Gasteiger partial charge in [-0.2, -0.15) is 0 Å². The van der Waals surface area contributed by atoms with Gasteiger partial charge in [0.1, 0.15) is 5.54 Å². The van der Waals surface area contributed by atoms with Gasteiger partial charge in [-0.25, -0.2) is 0 Å². The first-order chi connectivity index (χ1) is 8.63. The van der Waals surface area contributed by atoms with Gasteiger partial charge in [-0.05, 0) is 44.9 Å². The highest BCUT2D eigenvalue weighted by molar-refractivity contribution is 5.78. The van der Waals surface area contributed by atoms with E-state index in [1.54, 1.807) is 6.20 Å². The average Bonchev–Trinajstić information content (AvgIpc) is 2.39. The van der Waals surface area contributed by atoms with E-state index < -0.39 is 11.5 Å². The third-order valence-corrected chi connectivity index (χ3v) is 3.86. The molecule has 0 spiro atoms. The number of pyridine rings is 1. The number of hydrogen-bond donors (Lipinski definition) is 1. The fourth-order valence-electron chi connectivity index (χ4n) is 2.57. The molecule has 1 atom stereocenters. The van der Waals surface area contributed by atoms with E-state index in [1.807, 2.05) is 25.1 Å². The number of aliphatic carboxylic acids is 1. The Hall–Kier alpha value is -1.42. The summed E-state index contributed by atoms with van der Waals surface area (Å²) in [5.74, 6) is -0.705. The number of hydrogen-bond acceptors (Lipinski definition) is 3. The smallest absolute Gasteiger partial charge is 0.323 e. The second-order valence-corrected chi connectivity index (χ2v) is 5.09. The fourth-order valence-corrected chi connectivity index (χ4v) is 2.57. The van der Waals surface area contributed by atoms with Gasteiger partial charge in [0.25, 0.3) is 0 Å². The van der Waals surface area contributed by atoms with Gasteiger partial charge in [0.2, 0.25) is 0 Å². The molecule has 2 rings (SSSR count). The maximum absolute atomic E-state index is 11.4. The molecule has 18 heavy (non-hydrogen) atoms. The lowest BCUT2D eigenvalue weighted by Gasteiger charge is -2.41. The zero-order chi connectivity index (χ0) is 13.0. The van der Waals surface area contributed by atoms with Crippen LogP contribution in [0.5, 0.6) is 0 Å². The van der Waals surface area contributed by atoms with Gasteiger partial charge in [0, 0.05) is 24.9 Å². The van der Waals surface area contributed by atoms with Crippen LogP contribution in [0.25, 0.3) is 0 Å². The Labute approximate surface area is 108 Å².